The second-order valence-electron chi connectivity index (χ2n) is 12.8. The summed E-state index contributed by atoms with van der Waals surface area (Å²) < 4.78 is 5.63. The highest BCUT2D eigenvalue weighted by Gasteiger charge is 2.59. The van der Waals surface area contributed by atoms with Gasteiger partial charge in [0.25, 0.3) is 0 Å². The maximum absolute atomic E-state index is 11.7. The van der Waals surface area contributed by atoms with Crippen LogP contribution in [0.1, 0.15) is 105 Å². The third-order valence-corrected chi connectivity index (χ3v) is 10.9. The molecule has 2 nitrogen and oxygen atoms in total. The van der Waals surface area contributed by atoms with E-state index in [9.17, 15) is 4.79 Å². The number of esters is 1. The highest BCUT2D eigenvalue weighted by Crippen LogP contribution is 2.67. The van der Waals surface area contributed by atoms with Crippen molar-refractivity contribution in [1.29, 1.82) is 0 Å². The lowest BCUT2D eigenvalue weighted by Gasteiger charge is -2.58. The number of rotatable bonds is 7. The molecule has 0 saturated heterocycles. The molecule has 182 valence electrons. The van der Waals surface area contributed by atoms with E-state index in [1.54, 1.807) is 5.57 Å². The molecule has 3 saturated carbocycles. The molecule has 0 heterocycles. The van der Waals surface area contributed by atoms with Crippen LogP contribution in [0.25, 0.3) is 0 Å². The van der Waals surface area contributed by atoms with Crippen molar-refractivity contribution in [2.75, 3.05) is 5.88 Å². The summed E-state index contributed by atoms with van der Waals surface area (Å²) in [5.74, 6) is 4.92. The van der Waals surface area contributed by atoms with Gasteiger partial charge in [-0.05, 0) is 91.3 Å². The molecule has 0 unspecified atom stereocenters. The summed E-state index contributed by atoms with van der Waals surface area (Å²) in [4.78, 5) is 11.7. The SMILES string of the molecule is CC(C)CCC[C@H](C)[C@@H]1CC[C@H]2[C@@H]3CC=C4C[C@H](OC(=O)CCl)CC[C@@]4(C)[C@@H]3CC[C@]21C. The van der Waals surface area contributed by atoms with Crippen LogP contribution in [0.5, 0.6) is 0 Å². The third-order valence-electron chi connectivity index (χ3n) is 10.7. The number of halogens is 1. The van der Waals surface area contributed by atoms with Crippen molar-refractivity contribution in [2.45, 2.75) is 111 Å². The van der Waals surface area contributed by atoms with Gasteiger partial charge in [-0.3, -0.25) is 4.79 Å². The van der Waals surface area contributed by atoms with E-state index in [0.29, 0.717) is 10.8 Å². The summed E-state index contributed by atoms with van der Waals surface area (Å²) in [6.07, 6.45) is 16.9. The van der Waals surface area contributed by atoms with Gasteiger partial charge in [0.1, 0.15) is 12.0 Å². The predicted molar refractivity (Wildman–Crippen MR) is 134 cm³/mol. The minimum absolute atomic E-state index is 0.0329. The summed E-state index contributed by atoms with van der Waals surface area (Å²) in [5, 5.41) is 0. The van der Waals surface area contributed by atoms with Crippen LogP contribution in [0, 0.1) is 46.3 Å². The minimum Gasteiger partial charge on any atom is -0.461 e. The first-order valence-electron chi connectivity index (χ1n) is 13.6. The van der Waals surface area contributed by atoms with Crippen molar-refractivity contribution in [3.8, 4) is 0 Å². The Morgan fingerprint density at radius 1 is 1.09 bits per heavy atom. The molecule has 3 fully saturated rings. The number of hydrogen-bond acceptors (Lipinski definition) is 2. The maximum Gasteiger partial charge on any atom is 0.321 e. The van der Waals surface area contributed by atoms with Crippen molar-refractivity contribution in [2.24, 2.45) is 46.3 Å². The van der Waals surface area contributed by atoms with Gasteiger partial charge in [-0.25, -0.2) is 0 Å². The molecule has 4 rings (SSSR count). The lowest BCUT2D eigenvalue weighted by Crippen LogP contribution is -2.51. The van der Waals surface area contributed by atoms with E-state index in [4.69, 9.17) is 16.3 Å². The molecule has 0 radical (unpaired) electrons. The Kier molecular flexibility index (Phi) is 7.41. The number of allylic oxidation sites excluding steroid dienone is 1. The van der Waals surface area contributed by atoms with Gasteiger partial charge in [0.15, 0.2) is 0 Å². The standard InChI is InChI=1S/C29H47ClO2/c1-19(2)7-6-8-20(3)24-11-12-25-23-10-9-21-17-22(32-27(31)18-30)13-15-28(21,4)26(23)14-16-29(24,25)5/h9,19-20,22-26H,6-8,10-18H2,1-5H3/t20-,22+,23-,24-,25-,26+,28+,29-/m0/s1. The average molecular weight is 463 g/mol. The highest BCUT2D eigenvalue weighted by molar-refractivity contribution is 6.26. The van der Waals surface area contributed by atoms with E-state index in [1.165, 1.54) is 57.8 Å². The molecule has 0 aromatic heterocycles. The number of alkyl halides is 1. The molecule has 4 aliphatic carbocycles. The molecule has 0 spiro atoms. The quantitative estimate of drug-likeness (QED) is 0.216. The molecular formula is C29H47ClO2. The van der Waals surface area contributed by atoms with Crippen molar-refractivity contribution in [3.05, 3.63) is 11.6 Å². The number of fused-ring (bicyclic) bond motifs is 5. The zero-order valence-corrected chi connectivity index (χ0v) is 22.1. The van der Waals surface area contributed by atoms with E-state index < -0.39 is 0 Å². The third kappa shape index (κ3) is 4.44. The number of hydrogen-bond donors (Lipinski definition) is 0. The van der Waals surface area contributed by atoms with Gasteiger partial charge < -0.3 is 4.74 Å². The second kappa shape index (κ2) is 9.63. The average Bonchev–Trinajstić information content (AvgIpc) is 3.11. The van der Waals surface area contributed by atoms with Gasteiger partial charge in [-0.15, -0.1) is 11.6 Å². The van der Waals surface area contributed by atoms with Crippen molar-refractivity contribution >= 4 is 17.6 Å². The van der Waals surface area contributed by atoms with Crippen LogP contribution in [0.15, 0.2) is 11.6 Å². The second-order valence-corrected chi connectivity index (χ2v) is 13.0. The Hall–Kier alpha value is -0.500. The van der Waals surface area contributed by atoms with Gasteiger partial charge in [0.05, 0.1) is 0 Å². The van der Waals surface area contributed by atoms with Crippen LogP contribution in [-0.2, 0) is 9.53 Å². The molecular weight excluding hydrogens is 416 g/mol. The molecule has 0 bridgehead atoms. The van der Waals surface area contributed by atoms with Crippen LogP contribution in [0.2, 0.25) is 0 Å². The summed E-state index contributed by atoms with van der Waals surface area (Å²) in [5.41, 5.74) is 2.44. The fraction of sp³-hybridized carbons (Fsp3) is 0.897. The molecule has 8 atom stereocenters. The Bertz CT molecular complexity index is 714. The van der Waals surface area contributed by atoms with Gasteiger partial charge >= 0.3 is 5.97 Å². The van der Waals surface area contributed by atoms with Crippen LogP contribution in [0.3, 0.4) is 0 Å². The van der Waals surface area contributed by atoms with Gasteiger partial charge in [0, 0.05) is 6.42 Å². The first-order chi connectivity index (χ1) is 15.2. The molecule has 0 N–H and O–H groups in total. The molecule has 32 heavy (non-hydrogen) atoms. The van der Waals surface area contributed by atoms with E-state index >= 15 is 0 Å². The Morgan fingerprint density at radius 3 is 2.59 bits per heavy atom. The van der Waals surface area contributed by atoms with Crippen LogP contribution < -0.4 is 0 Å². The van der Waals surface area contributed by atoms with Crippen LogP contribution >= 0.6 is 11.6 Å². The van der Waals surface area contributed by atoms with Crippen LogP contribution in [-0.4, -0.2) is 18.0 Å². The van der Waals surface area contributed by atoms with E-state index in [0.717, 1.165) is 48.3 Å². The van der Waals surface area contributed by atoms with E-state index in [2.05, 4.69) is 40.7 Å². The van der Waals surface area contributed by atoms with Crippen molar-refractivity contribution in [3.63, 3.8) is 0 Å². The molecule has 3 heteroatoms. The summed E-state index contributed by atoms with van der Waals surface area (Å²) in [6.45, 7) is 12.5. The summed E-state index contributed by atoms with van der Waals surface area (Å²) >= 11 is 5.68. The first kappa shape index (κ1) is 24.6. The van der Waals surface area contributed by atoms with E-state index in [-0.39, 0.29) is 18.0 Å². The Balaban J connectivity index is 1.45. The number of carbonyl (C=O) groups excluding carboxylic acids is 1. The summed E-state index contributed by atoms with van der Waals surface area (Å²) in [6, 6.07) is 0. The molecule has 0 amide bonds. The van der Waals surface area contributed by atoms with Gasteiger partial charge in [0.2, 0.25) is 0 Å². The lowest BCUT2D eigenvalue weighted by atomic mass is 9.47. The van der Waals surface area contributed by atoms with Gasteiger partial charge in [-0.2, -0.15) is 0 Å². The lowest BCUT2D eigenvalue weighted by molar-refractivity contribution is -0.148. The Morgan fingerprint density at radius 2 is 1.88 bits per heavy atom. The topological polar surface area (TPSA) is 26.3 Å². The first-order valence-corrected chi connectivity index (χ1v) is 14.2. The van der Waals surface area contributed by atoms with Crippen molar-refractivity contribution < 1.29 is 9.53 Å². The Labute approximate surface area is 202 Å². The normalized spacial score (nSPS) is 42.0. The number of ether oxygens (including phenoxy) is 1. The van der Waals surface area contributed by atoms with Crippen LogP contribution in [0.4, 0.5) is 0 Å². The molecule has 0 aliphatic heterocycles. The zero-order chi connectivity index (χ0) is 23.1. The minimum atomic E-state index is -0.262. The fourth-order valence-electron chi connectivity index (χ4n) is 8.97. The highest BCUT2D eigenvalue weighted by atomic mass is 35.5. The monoisotopic (exact) mass is 462 g/mol. The smallest absolute Gasteiger partial charge is 0.321 e. The maximum atomic E-state index is 11.7. The summed E-state index contributed by atoms with van der Waals surface area (Å²) in [7, 11) is 0. The molecule has 0 aromatic carbocycles. The molecule has 0 aromatic rings. The largest absolute Gasteiger partial charge is 0.461 e. The van der Waals surface area contributed by atoms with E-state index in [1.807, 2.05) is 0 Å². The predicted octanol–water partition coefficient (Wildman–Crippen LogP) is 8.18. The zero-order valence-electron chi connectivity index (χ0n) is 21.3. The fourth-order valence-corrected chi connectivity index (χ4v) is 9.03. The number of carbonyl (C=O) groups is 1. The van der Waals surface area contributed by atoms with Crippen molar-refractivity contribution in [1.82, 2.24) is 0 Å². The van der Waals surface area contributed by atoms with Gasteiger partial charge in [-0.1, -0.05) is 65.5 Å². The molecule has 4 aliphatic rings.